The van der Waals surface area contributed by atoms with E-state index in [0.29, 0.717) is 35.7 Å². The molecule has 1 aliphatic rings. The maximum absolute atomic E-state index is 13.6. The van der Waals surface area contributed by atoms with E-state index in [4.69, 9.17) is 12.2 Å². The summed E-state index contributed by atoms with van der Waals surface area (Å²) in [4.78, 5) is 4.23. The van der Waals surface area contributed by atoms with Crippen LogP contribution in [0.1, 0.15) is 18.4 Å². The molecule has 0 fully saturated rings. The highest BCUT2D eigenvalue weighted by molar-refractivity contribution is 7.90. The first-order valence-corrected chi connectivity index (χ1v) is 10.2. The third-order valence-corrected chi connectivity index (χ3v) is 5.54. The predicted molar refractivity (Wildman–Crippen MR) is 109 cm³/mol. The summed E-state index contributed by atoms with van der Waals surface area (Å²) >= 11 is 5.22. The maximum Gasteiger partial charge on any atom is 0.262 e. The predicted octanol–water partition coefficient (Wildman–Crippen LogP) is 3.41. The monoisotopic (exact) mass is 406 g/mol. The number of anilines is 2. The van der Waals surface area contributed by atoms with Crippen molar-refractivity contribution < 1.29 is 12.8 Å². The molecule has 142 valence electrons. The summed E-state index contributed by atoms with van der Waals surface area (Å²) in [6.45, 7) is 2.31. The molecular weight excluding hydrogens is 387 g/mol. The summed E-state index contributed by atoms with van der Waals surface area (Å²) in [5.41, 5.74) is 1.54. The Balaban J connectivity index is 1.69. The Bertz CT molecular complexity index is 1010. The lowest BCUT2D eigenvalue weighted by Gasteiger charge is -2.13. The number of hydrogen-bond donors (Lipinski definition) is 3. The summed E-state index contributed by atoms with van der Waals surface area (Å²) < 4.78 is 41.1. The molecule has 0 radical (unpaired) electrons. The number of halogens is 1. The largest absolute Gasteiger partial charge is 0.332 e. The van der Waals surface area contributed by atoms with Crippen LogP contribution >= 0.6 is 12.2 Å². The highest BCUT2D eigenvalue weighted by atomic mass is 32.2. The molecule has 27 heavy (non-hydrogen) atoms. The minimum Gasteiger partial charge on any atom is -0.332 e. The van der Waals surface area contributed by atoms with Gasteiger partial charge < -0.3 is 10.6 Å². The average molecular weight is 407 g/mol. The third-order valence-electron chi connectivity index (χ3n) is 3.96. The van der Waals surface area contributed by atoms with Gasteiger partial charge in [0.2, 0.25) is 0 Å². The number of rotatable bonds is 4. The average Bonchev–Trinajstić information content (AvgIpc) is 3.10. The van der Waals surface area contributed by atoms with E-state index in [1.807, 2.05) is 0 Å². The highest BCUT2D eigenvalue weighted by Gasteiger charge is 2.18. The van der Waals surface area contributed by atoms with Crippen molar-refractivity contribution >= 4 is 44.6 Å². The fourth-order valence-electron chi connectivity index (χ4n) is 2.54. The molecule has 3 rings (SSSR count). The Kier molecular flexibility index (Phi) is 5.71. The van der Waals surface area contributed by atoms with Crippen molar-refractivity contribution in [3.05, 3.63) is 53.8 Å². The van der Waals surface area contributed by atoms with Crippen LogP contribution in [-0.2, 0) is 10.0 Å². The van der Waals surface area contributed by atoms with E-state index in [1.165, 1.54) is 18.2 Å². The molecule has 0 unspecified atom stereocenters. The van der Waals surface area contributed by atoms with Crippen LogP contribution in [0, 0.1) is 12.7 Å². The van der Waals surface area contributed by atoms with Crippen LogP contribution < -0.4 is 15.4 Å². The molecule has 0 atom stereocenters. The van der Waals surface area contributed by atoms with Crippen molar-refractivity contribution in [3.8, 4) is 0 Å². The van der Waals surface area contributed by atoms with Gasteiger partial charge in [0.05, 0.1) is 4.90 Å². The minimum absolute atomic E-state index is 0.103. The first kappa shape index (κ1) is 19.2. The Morgan fingerprint density at radius 2 is 1.89 bits per heavy atom. The van der Waals surface area contributed by atoms with E-state index >= 15 is 0 Å². The van der Waals surface area contributed by atoms with Crippen LogP contribution in [0.4, 0.5) is 15.8 Å². The fraction of sp³-hybridized carbons (Fsp3) is 0.222. The molecule has 2 aromatic carbocycles. The number of hydrogen-bond acceptors (Lipinski definition) is 4. The van der Waals surface area contributed by atoms with Crippen molar-refractivity contribution in [1.29, 1.82) is 0 Å². The molecule has 2 aromatic rings. The van der Waals surface area contributed by atoms with Gasteiger partial charge in [-0.1, -0.05) is 12.1 Å². The van der Waals surface area contributed by atoms with Crippen LogP contribution in [0.5, 0.6) is 0 Å². The Morgan fingerprint density at radius 3 is 2.56 bits per heavy atom. The summed E-state index contributed by atoms with van der Waals surface area (Å²) in [6, 6.07) is 11.0. The maximum atomic E-state index is 13.6. The molecule has 0 amide bonds. The summed E-state index contributed by atoms with van der Waals surface area (Å²) in [5.74, 6) is 0.142. The number of benzene rings is 2. The number of nitrogens with one attached hydrogen (secondary N) is 3. The first-order valence-electron chi connectivity index (χ1n) is 8.34. The van der Waals surface area contributed by atoms with E-state index in [9.17, 15) is 12.8 Å². The van der Waals surface area contributed by atoms with Gasteiger partial charge in [-0.25, -0.2) is 12.8 Å². The SMILES string of the molecule is Cc1ccc(NC(=S)Nc2cccc(S(=O)(=O)NC3=NCCC3)c2)cc1F. The Labute approximate surface area is 163 Å². The van der Waals surface area contributed by atoms with Gasteiger partial charge in [0.1, 0.15) is 11.7 Å². The lowest BCUT2D eigenvalue weighted by atomic mass is 10.2. The van der Waals surface area contributed by atoms with Gasteiger partial charge in [-0.05, 0) is 61.5 Å². The number of aryl methyl sites for hydroxylation is 1. The highest BCUT2D eigenvalue weighted by Crippen LogP contribution is 2.18. The van der Waals surface area contributed by atoms with Gasteiger partial charge in [-0.3, -0.25) is 9.71 Å². The van der Waals surface area contributed by atoms with Crippen LogP contribution in [0.2, 0.25) is 0 Å². The molecule has 0 aromatic heterocycles. The molecule has 0 aliphatic carbocycles. The molecule has 0 bridgehead atoms. The van der Waals surface area contributed by atoms with Crippen LogP contribution in [0.3, 0.4) is 0 Å². The fourth-order valence-corrected chi connectivity index (χ4v) is 3.91. The topological polar surface area (TPSA) is 82.6 Å². The number of sulfonamides is 1. The molecule has 3 N–H and O–H groups in total. The van der Waals surface area contributed by atoms with Crippen molar-refractivity contribution in [2.75, 3.05) is 17.2 Å². The quantitative estimate of drug-likeness (QED) is 0.678. The molecule has 0 saturated heterocycles. The zero-order chi connectivity index (χ0) is 19.4. The number of aliphatic imine (C=N–C) groups is 1. The smallest absolute Gasteiger partial charge is 0.262 e. The Hall–Kier alpha value is -2.52. The second-order valence-electron chi connectivity index (χ2n) is 6.11. The van der Waals surface area contributed by atoms with Crippen LogP contribution in [0.15, 0.2) is 52.4 Å². The van der Waals surface area contributed by atoms with Crippen molar-refractivity contribution in [1.82, 2.24) is 4.72 Å². The van der Waals surface area contributed by atoms with Gasteiger partial charge in [0.25, 0.3) is 10.0 Å². The molecule has 0 saturated carbocycles. The van der Waals surface area contributed by atoms with E-state index in [2.05, 4.69) is 20.3 Å². The molecule has 0 spiro atoms. The van der Waals surface area contributed by atoms with Gasteiger partial charge in [-0.15, -0.1) is 0 Å². The Morgan fingerprint density at radius 1 is 1.15 bits per heavy atom. The summed E-state index contributed by atoms with van der Waals surface area (Å²) in [6.07, 6.45) is 1.47. The van der Waals surface area contributed by atoms with Crippen molar-refractivity contribution in [3.63, 3.8) is 0 Å². The van der Waals surface area contributed by atoms with Gasteiger partial charge in [-0.2, -0.15) is 0 Å². The molecule has 1 heterocycles. The lowest BCUT2D eigenvalue weighted by Crippen LogP contribution is -2.29. The number of nitrogens with zero attached hydrogens (tertiary/aromatic N) is 1. The number of amidine groups is 1. The minimum atomic E-state index is -3.71. The van der Waals surface area contributed by atoms with Crippen LogP contribution in [-0.4, -0.2) is 25.9 Å². The van der Waals surface area contributed by atoms with E-state index in [-0.39, 0.29) is 15.8 Å². The normalized spacial score (nSPS) is 13.8. The second kappa shape index (κ2) is 8.01. The first-order chi connectivity index (χ1) is 12.8. The zero-order valence-electron chi connectivity index (χ0n) is 14.6. The summed E-state index contributed by atoms with van der Waals surface area (Å²) in [7, 11) is -3.71. The molecule has 1 aliphatic heterocycles. The standard InChI is InChI=1S/C18H19FN4O2S2/c1-12-7-8-14(11-16(12)19)22-18(26)21-13-4-2-5-15(10-13)27(24,25)23-17-6-3-9-20-17/h2,4-5,7-8,10-11H,3,6,9H2,1H3,(H,20,23)(H2,21,22,26). The van der Waals surface area contributed by atoms with Crippen molar-refractivity contribution in [2.24, 2.45) is 4.99 Å². The molecular formula is C18H19FN4O2S2. The lowest BCUT2D eigenvalue weighted by molar-refractivity contribution is 0.592. The van der Waals surface area contributed by atoms with Gasteiger partial charge in [0, 0.05) is 24.3 Å². The second-order valence-corrected chi connectivity index (χ2v) is 8.20. The van der Waals surface area contributed by atoms with Gasteiger partial charge >= 0.3 is 0 Å². The van der Waals surface area contributed by atoms with Crippen molar-refractivity contribution in [2.45, 2.75) is 24.7 Å². The van der Waals surface area contributed by atoms with E-state index in [0.717, 1.165) is 6.42 Å². The molecule has 9 heteroatoms. The van der Waals surface area contributed by atoms with E-state index < -0.39 is 10.0 Å². The van der Waals surface area contributed by atoms with Gasteiger partial charge in [0.15, 0.2) is 5.11 Å². The van der Waals surface area contributed by atoms with E-state index in [1.54, 1.807) is 31.2 Å². The zero-order valence-corrected chi connectivity index (χ0v) is 16.3. The summed E-state index contributed by atoms with van der Waals surface area (Å²) in [5, 5.41) is 6.00. The van der Waals surface area contributed by atoms with Crippen LogP contribution in [0.25, 0.3) is 0 Å². The molecule has 6 nitrogen and oxygen atoms in total. The number of thiocarbonyl (C=S) groups is 1. The third kappa shape index (κ3) is 5.01.